The molecular formula is C22H32BrN3O6S2. The number of fused-ring (bicyclic) bond motifs is 1. The smallest absolute Gasteiger partial charge is 0.426 e. The third-order valence-corrected chi connectivity index (χ3v) is 8.05. The van der Waals surface area contributed by atoms with E-state index in [-0.39, 0.29) is 24.3 Å². The van der Waals surface area contributed by atoms with Crippen molar-refractivity contribution >= 4 is 56.4 Å². The molecule has 0 aromatic carbocycles. The summed E-state index contributed by atoms with van der Waals surface area (Å²) in [6.07, 6.45) is -1.18. The number of aliphatic hydroxyl groups is 1. The van der Waals surface area contributed by atoms with Gasteiger partial charge >= 0.3 is 12.2 Å². The van der Waals surface area contributed by atoms with E-state index in [9.17, 15) is 14.7 Å². The summed E-state index contributed by atoms with van der Waals surface area (Å²) in [6.45, 7) is 12.2. The van der Waals surface area contributed by atoms with E-state index in [0.29, 0.717) is 21.8 Å². The molecule has 0 radical (unpaired) electrons. The van der Waals surface area contributed by atoms with E-state index < -0.39 is 34.5 Å². The number of thiazole rings is 1. The third kappa shape index (κ3) is 6.13. The molecule has 1 saturated heterocycles. The topological polar surface area (TPSA) is 111 Å². The number of ether oxygens (including phenoxy) is 3. The number of hydrogen-bond donors (Lipinski definition) is 1. The maximum absolute atomic E-state index is 13.2. The zero-order valence-corrected chi connectivity index (χ0v) is 23.7. The summed E-state index contributed by atoms with van der Waals surface area (Å²) in [5.74, 6) is 0.501. The minimum atomic E-state index is -0.922. The molecule has 3 heterocycles. The number of imide groups is 1. The van der Waals surface area contributed by atoms with Gasteiger partial charge < -0.3 is 19.3 Å². The van der Waals surface area contributed by atoms with E-state index in [1.54, 1.807) is 41.5 Å². The van der Waals surface area contributed by atoms with Crippen LogP contribution in [0.2, 0.25) is 0 Å². The van der Waals surface area contributed by atoms with Gasteiger partial charge in [0.2, 0.25) is 0 Å². The van der Waals surface area contributed by atoms with E-state index in [4.69, 9.17) is 19.2 Å². The molecule has 2 aliphatic rings. The number of carbonyl (C=O) groups is 2. The van der Waals surface area contributed by atoms with Crippen LogP contribution in [-0.4, -0.2) is 68.1 Å². The number of thioether (sulfide) groups is 1. The summed E-state index contributed by atoms with van der Waals surface area (Å²) in [7, 11) is 0. The van der Waals surface area contributed by atoms with Gasteiger partial charge in [0, 0.05) is 17.1 Å². The first kappa shape index (κ1) is 27.4. The molecule has 0 spiro atoms. The Balaban J connectivity index is 2.08. The molecule has 1 N–H and O–H groups in total. The van der Waals surface area contributed by atoms with Crippen LogP contribution in [0.4, 0.5) is 9.59 Å². The fourth-order valence-electron chi connectivity index (χ4n) is 3.66. The quantitative estimate of drug-likeness (QED) is 0.512. The molecule has 0 bridgehead atoms. The Hall–Kier alpha value is -1.21. The lowest BCUT2D eigenvalue weighted by Crippen LogP contribution is -2.56. The van der Waals surface area contributed by atoms with Gasteiger partial charge in [0.15, 0.2) is 5.17 Å². The maximum Gasteiger partial charge on any atom is 0.426 e. The maximum atomic E-state index is 13.2. The van der Waals surface area contributed by atoms with Crippen molar-refractivity contribution in [3.05, 3.63) is 15.0 Å². The third-order valence-electron chi connectivity index (χ3n) is 5.23. The Kier molecular flexibility index (Phi) is 7.80. The molecule has 1 aromatic heterocycles. The van der Waals surface area contributed by atoms with Gasteiger partial charge in [-0.15, -0.1) is 11.3 Å². The fraction of sp³-hybridized carbons (Fsp3) is 0.727. The molecule has 34 heavy (non-hydrogen) atoms. The second-order valence-electron chi connectivity index (χ2n) is 10.7. The summed E-state index contributed by atoms with van der Waals surface area (Å²) in [6, 6.07) is 0. The normalized spacial score (nSPS) is 27.4. The van der Waals surface area contributed by atoms with Crippen molar-refractivity contribution in [2.75, 3.05) is 19.0 Å². The van der Waals surface area contributed by atoms with E-state index in [1.165, 1.54) is 23.1 Å². The van der Waals surface area contributed by atoms with Crippen molar-refractivity contribution in [3.8, 4) is 0 Å². The number of nitrogens with zero attached hydrogens (tertiary/aromatic N) is 3. The van der Waals surface area contributed by atoms with Crippen molar-refractivity contribution in [2.24, 2.45) is 10.9 Å². The number of rotatable bonds is 2. The SMILES string of the molecule is CC(C)(C)OC(=O)N(C(=O)OC(C)(C)C)C1=N[C@@]2(c3nc(Br)cs3)CO[C@@](C)(CO)C[C@H]2CS1. The lowest BCUT2D eigenvalue weighted by atomic mass is 9.76. The van der Waals surface area contributed by atoms with Crippen LogP contribution in [0.1, 0.15) is 59.9 Å². The summed E-state index contributed by atoms with van der Waals surface area (Å²) < 4.78 is 17.8. The first-order chi connectivity index (χ1) is 15.6. The highest BCUT2D eigenvalue weighted by Crippen LogP contribution is 2.50. The molecule has 1 fully saturated rings. The van der Waals surface area contributed by atoms with Crippen molar-refractivity contribution in [3.63, 3.8) is 0 Å². The van der Waals surface area contributed by atoms with Crippen molar-refractivity contribution < 1.29 is 28.9 Å². The van der Waals surface area contributed by atoms with Crippen LogP contribution in [0.25, 0.3) is 0 Å². The van der Waals surface area contributed by atoms with Crippen LogP contribution in [-0.2, 0) is 19.7 Å². The number of aromatic nitrogens is 1. The van der Waals surface area contributed by atoms with Gasteiger partial charge in [-0.25, -0.2) is 19.6 Å². The van der Waals surface area contributed by atoms with Gasteiger partial charge in [-0.3, -0.25) is 0 Å². The summed E-state index contributed by atoms with van der Waals surface area (Å²) in [5, 5.41) is 12.6. The Morgan fingerprint density at radius 1 is 1.24 bits per heavy atom. The average molecular weight is 579 g/mol. The molecule has 0 aliphatic carbocycles. The van der Waals surface area contributed by atoms with Crippen LogP contribution in [0.15, 0.2) is 15.0 Å². The lowest BCUT2D eigenvalue weighted by Gasteiger charge is -2.49. The highest BCUT2D eigenvalue weighted by Gasteiger charge is 2.54. The van der Waals surface area contributed by atoms with Crippen LogP contribution >= 0.6 is 39.0 Å². The number of amidine groups is 1. The second-order valence-corrected chi connectivity index (χ2v) is 13.4. The molecule has 9 nitrogen and oxygen atoms in total. The zero-order chi connectivity index (χ0) is 25.5. The molecule has 2 aliphatic heterocycles. The molecule has 3 rings (SSSR count). The van der Waals surface area contributed by atoms with E-state index in [2.05, 4.69) is 20.9 Å². The van der Waals surface area contributed by atoms with Gasteiger partial charge in [-0.05, 0) is 70.8 Å². The summed E-state index contributed by atoms with van der Waals surface area (Å²) in [5.41, 5.74) is -3.27. The van der Waals surface area contributed by atoms with Crippen LogP contribution in [0, 0.1) is 5.92 Å². The fourth-order valence-corrected chi connectivity index (χ4v) is 6.37. The molecule has 1 aromatic rings. The van der Waals surface area contributed by atoms with Gasteiger partial charge in [0.05, 0.1) is 18.8 Å². The monoisotopic (exact) mass is 577 g/mol. The average Bonchev–Trinajstić information content (AvgIpc) is 3.12. The highest BCUT2D eigenvalue weighted by molar-refractivity contribution is 9.10. The summed E-state index contributed by atoms with van der Waals surface area (Å²) in [4.78, 5) is 36.7. The number of aliphatic imine (C=N–C) groups is 1. The van der Waals surface area contributed by atoms with Crippen molar-refractivity contribution in [1.29, 1.82) is 0 Å². The van der Waals surface area contributed by atoms with Crippen molar-refractivity contribution in [1.82, 2.24) is 9.88 Å². The van der Waals surface area contributed by atoms with Crippen LogP contribution in [0.5, 0.6) is 0 Å². The minimum absolute atomic E-state index is 0.0377. The van der Waals surface area contributed by atoms with E-state index in [1.807, 2.05) is 12.3 Å². The summed E-state index contributed by atoms with van der Waals surface area (Å²) >= 11 is 6.11. The Morgan fingerprint density at radius 2 is 1.82 bits per heavy atom. The van der Waals surface area contributed by atoms with Crippen LogP contribution < -0.4 is 0 Å². The Bertz CT molecular complexity index is 945. The molecule has 3 atom stereocenters. The molecule has 190 valence electrons. The van der Waals surface area contributed by atoms with Gasteiger partial charge in [0.1, 0.15) is 26.4 Å². The number of carbonyl (C=O) groups excluding carboxylic acids is 2. The van der Waals surface area contributed by atoms with Gasteiger partial charge in [0.25, 0.3) is 0 Å². The number of amides is 2. The standard InChI is InChI=1S/C22H32BrN3O6S2/c1-19(2,3)31-17(28)26(18(29)32-20(4,5)6)16-25-22(15-24-14(23)10-33-15)12-30-21(7,11-27)8-13(22)9-34-16/h10,13,27H,8-9,11-12H2,1-7H3/t13-,21+,22-/m0/s1. The lowest BCUT2D eigenvalue weighted by molar-refractivity contribution is -0.141. The first-order valence-electron chi connectivity index (χ1n) is 10.9. The first-order valence-corrected chi connectivity index (χ1v) is 13.6. The second kappa shape index (κ2) is 9.68. The number of halogens is 1. The Morgan fingerprint density at radius 3 is 2.29 bits per heavy atom. The van der Waals surface area contributed by atoms with Crippen molar-refractivity contribution in [2.45, 2.75) is 77.2 Å². The predicted molar refractivity (Wildman–Crippen MR) is 135 cm³/mol. The molecular weight excluding hydrogens is 546 g/mol. The zero-order valence-electron chi connectivity index (χ0n) is 20.5. The van der Waals surface area contributed by atoms with Gasteiger partial charge in [-0.1, -0.05) is 11.8 Å². The van der Waals surface area contributed by atoms with E-state index in [0.717, 1.165) is 4.90 Å². The number of hydrogen-bond acceptors (Lipinski definition) is 10. The highest BCUT2D eigenvalue weighted by atomic mass is 79.9. The molecule has 12 heteroatoms. The number of aliphatic hydroxyl groups excluding tert-OH is 1. The van der Waals surface area contributed by atoms with E-state index >= 15 is 0 Å². The predicted octanol–water partition coefficient (Wildman–Crippen LogP) is 5.16. The Labute approximate surface area is 216 Å². The molecule has 2 amide bonds. The molecule has 0 unspecified atom stereocenters. The minimum Gasteiger partial charge on any atom is -0.443 e. The van der Waals surface area contributed by atoms with Gasteiger partial charge in [-0.2, -0.15) is 4.90 Å². The molecule has 0 saturated carbocycles. The largest absolute Gasteiger partial charge is 0.443 e. The van der Waals surface area contributed by atoms with Crippen LogP contribution in [0.3, 0.4) is 0 Å².